The van der Waals surface area contributed by atoms with Crippen LogP contribution in [0.2, 0.25) is 0 Å². The monoisotopic (exact) mass is 370 g/mol. The molecule has 7 nitrogen and oxygen atoms in total. The van der Waals surface area contributed by atoms with Crippen LogP contribution in [0.25, 0.3) is 0 Å². The third-order valence-corrected chi connectivity index (χ3v) is 3.73. The number of rotatable bonds is 6. The largest absolute Gasteiger partial charge is 0.482 e. The van der Waals surface area contributed by atoms with E-state index in [1.807, 2.05) is 26.0 Å². The van der Waals surface area contributed by atoms with Crippen LogP contribution in [0.1, 0.15) is 22.8 Å². The lowest BCUT2D eigenvalue weighted by Gasteiger charge is -2.18. The van der Waals surface area contributed by atoms with Gasteiger partial charge in [0.25, 0.3) is 5.91 Å². The smallest absolute Gasteiger partial charge is 0.345 e. The first-order valence-corrected chi connectivity index (χ1v) is 8.37. The van der Waals surface area contributed by atoms with Crippen LogP contribution in [0.15, 0.2) is 48.5 Å². The van der Waals surface area contributed by atoms with Gasteiger partial charge in [0.15, 0.2) is 6.61 Å². The molecule has 7 heteroatoms. The van der Waals surface area contributed by atoms with Gasteiger partial charge in [-0.25, -0.2) is 9.59 Å². The van der Waals surface area contributed by atoms with Gasteiger partial charge in [-0.1, -0.05) is 48.0 Å². The van der Waals surface area contributed by atoms with E-state index in [1.54, 1.807) is 36.4 Å². The van der Waals surface area contributed by atoms with Crippen molar-refractivity contribution in [3.63, 3.8) is 0 Å². The second-order valence-corrected chi connectivity index (χ2v) is 5.91. The second-order valence-electron chi connectivity index (χ2n) is 5.91. The summed E-state index contributed by atoms with van der Waals surface area (Å²) in [5, 5.41) is 4.39. The lowest BCUT2D eigenvalue weighted by Crippen LogP contribution is -2.41. The van der Waals surface area contributed by atoms with Crippen molar-refractivity contribution in [3.8, 4) is 5.75 Å². The molecular weight excluding hydrogens is 348 g/mol. The van der Waals surface area contributed by atoms with E-state index in [-0.39, 0.29) is 6.61 Å². The van der Waals surface area contributed by atoms with E-state index in [0.717, 1.165) is 11.1 Å². The quantitative estimate of drug-likeness (QED) is 0.762. The van der Waals surface area contributed by atoms with Crippen LogP contribution in [0.5, 0.6) is 5.75 Å². The van der Waals surface area contributed by atoms with E-state index in [9.17, 15) is 14.4 Å². The number of benzene rings is 2. The summed E-state index contributed by atoms with van der Waals surface area (Å²) in [6, 6.07) is 13.3. The van der Waals surface area contributed by atoms with E-state index >= 15 is 0 Å². The van der Waals surface area contributed by atoms with Gasteiger partial charge in [0, 0.05) is 12.6 Å². The minimum atomic E-state index is -1.27. The first kappa shape index (κ1) is 20.0. The van der Waals surface area contributed by atoms with Gasteiger partial charge in [0.1, 0.15) is 5.75 Å². The summed E-state index contributed by atoms with van der Waals surface area (Å²) in [7, 11) is 1.38. The molecule has 0 aliphatic heterocycles. The minimum Gasteiger partial charge on any atom is -0.482 e. The number of carbonyl (C=O) groups excluding carboxylic acids is 3. The lowest BCUT2D eigenvalue weighted by atomic mass is 10.1. The van der Waals surface area contributed by atoms with Gasteiger partial charge in [-0.2, -0.15) is 0 Å². The van der Waals surface area contributed by atoms with Gasteiger partial charge in [-0.3, -0.25) is 10.1 Å². The molecule has 1 atom stereocenters. The Labute approximate surface area is 157 Å². The topological polar surface area (TPSA) is 93.7 Å². The van der Waals surface area contributed by atoms with E-state index in [0.29, 0.717) is 11.3 Å². The summed E-state index contributed by atoms with van der Waals surface area (Å²) in [6.07, 6.45) is -1.27. The van der Waals surface area contributed by atoms with Crippen molar-refractivity contribution in [2.24, 2.45) is 0 Å². The summed E-state index contributed by atoms with van der Waals surface area (Å²) in [5.74, 6) is -0.917. The van der Waals surface area contributed by atoms with Gasteiger partial charge in [0.05, 0.1) is 0 Å². The number of ether oxygens (including phenoxy) is 2. The normalized spacial score (nSPS) is 11.2. The number of esters is 1. The van der Waals surface area contributed by atoms with Crippen molar-refractivity contribution in [2.75, 3.05) is 13.7 Å². The molecule has 0 unspecified atom stereocenters. The van der Waals surface area contributed by atoms with Crippen molar-refractivity contribution in [1.82, 2.24) is 10.6 Å². The van der Waals surface area contributed by atoms with E-state index < -0.39 is 24.0 Å². The highest BCUT2D eigenvalue weighted by atomic mass is 16.6. The zero-order chi connectivity index (χ0) is 19.8. The standard InChI is InChI=1S/C20H22N2O5/c1-13-9-10-16(14(2)11-13)26-12-17(23)27-18(15-7-5-4-6-8-15)19(24)22-20(25)21-3/h4-11,18H,12H2,1-3H3,(H2,21,22,24,25)/t18-/m1/s1. The molecule has 3 amide bonds. The minimum absolute atomic E-state index is 0.361. The average Bonchev–Trinajstić information content (AvgIpc) is 2.65. The summed E-state index contributed by atoms with van der Waals surface area (Å²) < 4.78 is 10.8. The fraction of sp³-hybridized carbons (Fsp3) is 0.250. The van der Waals surface area contributed by atoms with Crippen LogP contribution in [0.3, 0.4) is 0 Å². The molecule has 0 saturated heterocycles. The summed E-state index contributed by atoms with van der Waals surface area (Å²) in [5.41, 5.74) is 2.41. The van der Waals surface area contributed by atoms with Crippen molar-refractivity contribution >= 4 is 17.9 Å². The highest BCUT2D eigenvalue weighted by Gasteiger charge is 2.26. The molecule has 0 aromatic heterocycles. The number of urea groups is 1. The number of imide groups is 1. The van der Waals surface area contributed by atoms with Crippen molar-refractivity contribution in [3.05, 3.63) is 65.2 Å². The Morgan fingerprint density at radius 2 is 1.74 bits per heavy atom. The maximum Gasteiger partial charge on any atom is 0.345 e. The molecule has 0 spiro atoms. The van der Waals surface area contributed by atoms with Crippen molar-refractivity contribution in [1.29, 1.82) is 0 Å². The lowest BCUT2D eigenvalue weighted by molar-refractivity contribution is -0.158. The number of aryl methyl sites for hydroxylation is 2. The molecule has 0 radical (unpaired) electrons. The third kappa shape index (κ3) is 5.85. The fourth-order valence-electron chi connectivity index (χ4n) is 2.40. The van der Waals surface area contributed by atoms with Gasteiger partial charge in [0.2, 0.25) is 6.10 Å². The summed E-state index contributed by atoms with van der Waals surface area (Å²) in [6.45, 7) is 3.47. The predicted molar refractivity (Wildman–Crippen MR) is 99.3 cm³/mol. The maximum absolute atomic E-state index is 12.3. The van der Waals surface area contributed by atoms with E-state index in [1.165, 1.54) is 7.05 Å². The van der Waals surface area contributed by atoms with Gasteiger partial charge < -0.3 is 14.8 Å². The zero-order valence-electron chi connectivity index (χ0n) is 15.4. The SMILES string of the molecule is CNC(=O)NC(=O)[C@H](OC(=O)COc1ccc(C)cc1C)c1ccccc1. The maximum atomic E-state index is 12.3. The number of hydrogen-bond acceptors (Lipinski definition) is 5. The number of amides is 3. The Morgan fingerprint density at radius 3 is 2.37 bits per heavy atom. The highest BCUT2D eigenvalue weighted by molar-refractivity contribution is 5.97. The molecule has 0 saturated carbocycles. The second kappa shape index (κ2) is 9.38. The Morgan fingerprint density at radius 1 is 1.04 bits per heavy atom. The number of carbonyl (C=O) groups is 3. The number of hydrogen-bond donors (Lipinski definition) is 2. The molecule has 0 bridgehead atoms. The van der Waals surface area contributed by atoms with E-state index in [4.69, 9.17) is 9.47 Å². The van der Waals surface area contributed by atoms with Crippen LogP contribution < -0.4 is 15.4 Å². The van der Waals surface area contributed by atoms with Crippen LogP contribution in [-0.2, 0) is 14.3 Å². The predicted octanol–water partition coefficient (Wildman–Crippen LogP) is 2.42. The molecule has 0 fully saturated rings. The Kier molecular flexibility index (Phi) is 6.93. The van der Waals surface area contributed by atoms with Crippen molar-refractivity contribution in [2.45, 2.75) is 20.0 Å². The van der Waals surface area contributed by atoms with Crippen LogP contribution in [0, 0.1) is 13.8 Å². The molecule has 2 aromatic rings. The molecule has 2 N–H and O–H groups in total. The average molecular weight is 370 g/mol. The first-order valence-electron chi connectivity index (χ1n) is 8.37. The molecular formula is C20H22N2O5. The Balaban J connectivity index is 2.06. The van der Waals surface area contributed by atoms with Gasteiger partial charge >= 0.3 is 12.0 Å². The molecule has 2 aromatic carbocycles. The van der Waals surface area contributed by atoms with Crippen LogP contribution in [0.4, 0.5) is 4.79 Å². The Bertz CT molecular complexity index is 820. The summed E-state index contributed by atoms with van der Waals surface area (Å²) >= 11 is 0. The van der Waals surface area contributed by atoms with Gasteiger partial charge in [-0.15, -0.1) is 0 Å². The number of nitrogens with one attached hydrogen (secondary N) is 2. The Hall–Kier alpha value is -3.35. The molecule has 0 heterocycles. The first-order chi connectivity index (χ1) is 12.9. The zero-order valence-corrected chi connectivity index (χ0v) is 15.4. The molecule has 27 heavy (non-hydrogen) atoms. The molecule has 0 aliphatic carbocycles. The van der Waals surface area contributed by atoms with Gasteiger partial charge in [-0.05, 0) is 25.5 Å². The molecule has 0 aliphatic rings. The molecule has 2 rings (SSSR count). The van der Waals surface area contributed by atoms with Crippen molar-refractivity contribution < 1.29 is 23.9 Å². The summed E-state index contributed by atoms with van der Waals surface area (Å²) in [4.78, 5) is 35.9. The fourth-order valence-corrected chi connectivity index (χ4v) is 2.40. The highest BCUT2D eigenvalue weighted by Crippen LogP contribution is 2.20. The van der Waals surface area contributed by atoms with Crippen LogP contribution >= 0.6 is 0 Å². The molecule has 142 valence electrons. The van der Waals surface area contributed by atoms with E-state index in [2.05, 4.69) is 10.6 Å². The third-order valence-electron chi connectivity index (χ3n) is 3.73. The van der Waals surface area contributed by atoms with Crippen LogP contribution in [-0.4, -0.2) is 31.6 Å².